The molecule has 3 rings (SSSR count). The number of rotatable bonds is 7. The van der Waals surface area contributed by atoms with Crippen molar-refractivity contribution in [3.63, 3.8) is 0 Å². The van der Waals surface area contributed by atoms with Crippen LogP contribution in [0.15, 0.2) is 72.8 Å². The predicted molar refractivity (Wildman–Crippen MR) is 108 cm³/mol. The lowest BCUT2D eigenvalue weighted by Gasteiger charge is -2.13. The molecule has 27 heavy (non-hydrogen) atoms. The molecule has 0 aliphatic heterocycles. The Labute approximate surface area is 158 Å². The fraction of sp³-hybridized carbons (Fsp3) is 0.136. The number of hydrogen-bond donors (Lipinski definition) is 2. The molecule has 5 nitrogen and oxygen atoms in total. The van der Waals surface area contributed by atoms with Crippen molar-refractivity contribution >= 4 is 23.0 Å². The minimum absolute atomic E-state index is 0.184. The van der Waals surface area contributed by atoms with Crippen molar-refractivity contribution in [3.05, 3.63) is 78.4 Å². The smallest absolute Gasteiger partial charge is 0.255 e. The summed E-state index contributed by atoms with van der Waals surface area (Å²) in [6.07, 6.45) is 0. The molecule has 2 N–H and O–H groups in total. The van der Waals surface area contributed by atoms with Crippen molar-refractivity contribution in [2.24, 2.45) is 0 Å². The number of anilines is 3. The second kappa shape index (κ2) is 8.76. The average molecular weight is 362 g/mol. The molecule has 0 atom stereocenters. The van der Waals surface area contributed by atoms with Gasteiger partial charge in [0, 0.05) is 16.9 Å². The molecule has 1 amide bonds. The SMILES string of the molecule is CCOc1ccccc1Nc1ccc(NC(=O)c2cccc(OC)c2)cc1. The lowest BCUT2D eigenvalue weighted by atomic mass is 10.2. The fourth-order valence-corrected chi connectivity index (χ4v) is 2.61. The van der Waals surface area contributed by atoms with Crippen LogP contribution >= 0.6 is 0 Å². The number of ether oxygens (including phenoxy) is 2. The van der Waals surface area contributed by atoms with Gasteiger partial charge in [-0.15, -0.1) is 0 Å². The second-order valence-corrected chi connectivity index (χ2v) is 5.82. The van der Waals surface area contributed by atoms with E-state index < -0.39 is 0 Å². The molecule has 0 saturated heterocycles. The topological polar surface area (TPSA) is 59.6 Å². The van der Waals surface area contributed by atoms with Gasteiger partial charge in [0.1, 0.15) is 11.5 Å². The maximum atomic E-state index is 12.4. The molecule has 0 bridgehead atoms. The number of carbonyl (C=O) groups is 1. The highest BCUT2D eigenvalue weighted by molar-refractivity contribution is 6.04. The molecule has 0 aliphatic rings. The standard InChI is InChI=1S/C22H22N2O3/c1-3-27-21-10-5-4-9-20(21)23-17-11-13-18(14-12-17)24-22(25)16-7-6-8-19(15-16)26-2/h4-15,23H,3H2,1-2H3,(H,24,25). The zero-order valence-corrected chi connectivity index (χ0v) is 15.4. The number of carbonyl (C=O) groups excluding carboxylic acids is 1. The summed E-state index contributed by atoms with van der Waals surface area (Å²) in [7, 11) is 1.58. The Balaban J connectivity index is 1.67. The summed E-state index contributed by atoms with van der Waals surface area (Å²) in [5.74, 6) is 1.27. The Morgan fingerprint density at radius 2 is 1.67 bits per heavy atom. The van der Waals surface area contributed by atoms with E-state index >= 15 is 0 Å². The van der Waals surface area contributed by atoms with E-state index in [2.05, 4.69) is 10.6 Å². The molecule has 0 saturated carbocycles. The van der Waals surface area contributed by atoms with Gasteiger partial charge in [0.25, 0.3) is 5.91 Å². The van der Waals surface area contributed by atoms with Crippen LogP contribution in [0.25, 0.3) is 0 Å². The third kappa shape index (κ3) is 4.79. The van der Waals surface area contributed by atoms with Gasteiger partial charge in [-0.05, 0) is 61.5 Å². The lowest BCUT2D eigenvalue weighted by molar-refractivity contribution is 0.102. The molecule has 3 aromatic carbocycles. The largest absolute Gasteiger partial charge is 0.497 e. The second-order valence-electron chi connectivity index (χ2n) is 5.82. The molecule has 3 aromatic rings. The highest BCUT2D eigenvalue weighted by Gasteiger charge is 2.08. The van der Waals surface area contributed by atoms with Crippen molar-refractivity contribution in [1.29, 1.82) is 0 Å². The number of methoxy groups -OCH3 is 1. The molecule has 0 heterocycles. The van der Waals surface area contributed by atoms with Crippen LogP contribution in [0.5, 0.6) is 11.5 Å². The van der Waals surface area contributed by atoms with Crippen LogP contribution in [-0.4, -0.2) is 19.6 Å². The fourth-order valence-electron chi connectivity index (χ4n) is 2.61. The molecule has 0 radical (unpaired) electrons. The van der Waals surface area contributed by atoms with Crippen molar-refractivity contribution < 1.29 is 14.3 Å². The Morgan fingerprint density at radius 1 is 0.926 bits per heavy atom. The van der Waals surface area contributed by atoms with Crippen LogP contribution < -0.4 is 20.1 Å². The van der Waals surface area contributed by atoms with Gasteiger partial charge in [-0.25, -0.2) is 0 Å². The lowest BCUT2D eigenvalue weighted by Crippen LogP contribution is -2.11. The average Bonchev–Trinajstić information content (AvgIpc) is 2.71. The summed E-state index contributed by atoms with van der Waals surface area (Å²) in [5.41, 5.74) is 3.06. The Hall–Kier alpha value is -3.47. The Bertz CT molecular complexity index is 907. The Morgan fingerprint density at radius 3 is 2.41 bits per heavy atom. The first kappa shape index (κ1) is 18.3. The van der Waals surface area contributed by atoms with Crippen LogP contribution in [0, 0.1) is 0 Å². The quantitative estimate of drug-likeness (QED) is 0.615. The molecule has 0 spiro atoms. The molecule has 0 aliphatic carbocycles. The summed E-state index contributed by atoms with van der Waals surface area (Å²) in [6, 6.07) is 22.3. The van der Waals surface area contributed by atoms with Crippen molar-refractivity contribution in [2.45, 2.75) is 6.92 Å². The van der Waals surface area contributed by atoms with Gasteiger partial charge < -0.3 is 20.1 Å². The summed E-state index contributed by atoms with van der Waals surface area (Å²) >= 11 is 0. The van der Waals surface area contributed by atoms with Gasteiger partial charge in [-0.2, -0.15) is 0 Å². The van der Waals surface area contributed by atoms with Gasteiger partial charge in [0.15, 0.2) is 0 Å². The van der Waals surface area contributed by atoms with Crippen LogP contribution in [0.3, 0.4) is 0 Å². The minimum Gasteiger partial charge on any atom is -0.497 e. The first-order valence-corrected chi connectivity index (χ1v) is 8.74. The van der Waals surface area contributed by atoms with Crippen molar-refractivity contribution in [1.82, 2.24) is 0 Å². The summed E-state index contributed by atoms with van der Waals surface area (Å²) in [5, 5.41) is 6.22. The van der Waals surface area contributed by atoms with E-state index in [1.165, 1.54) is 0 Å². The number of nitrogens with one attached hydrogen (secondary N) is 2. The van der Waals surface area contributed by atoms with E-state index in [4.69, 9.17) is 9.47 Å². The van der Waals surface area contributed by atoms with Gasteiger partial charge in [-0.1, -0.05) is 18.2 Å². The predicted octanol–water partition coefficient (Wildman–Crippen LogP) is 5.09. The number of hydrogen-bond acceptors (Lipinski definition) is 4. The number of amides is 1. The van der Waals surface area contributed by atoms with Gasteiger partial charge in [0.05, 0.1) is 19.4 Å². The van der Waals surface area contributed by atoms with Crippen LogP contribution in [0.4, 0.5) is 17.1 Å². The molecule has 0 aromatic heterocycles. The van der Waals surface area contributed by atoms with Crippen LogP contribution in [0.1, 0.15) is 17.3 Å². The third-order valence-electron chi connectivity index (χ3n) is 3.94. The van der Waals surface area contributed by atoms with E-state index in [1.807, 2.05) is 55.5 Å². The number of para-hydroxylation sites is 2. The van der Waals surface area contributed by atoms with Crippen LogP contribution in [0.2, 0.25) is 0 Å². The zero-order chi connectivity index (χ0) is 19.1. The first-order valence-electron chi connectivity index (χ1n) is 8.74. The molecular weight excluding hydrogens is 340 g/mol. The molecule has 138 valence electrons. The zero-order valence-electron chi connectivity index (χ0n) is 15.4. The summed E-state index contributed by atoms with van der Waals surface area (Å²) < 4.78 is 10.8. The van der Waals surface area contributed by atoms with E-state index in [0.717, 1.165) is 17.1 Å². The minimum atomic E-state index is -0.184. The van der Waals surface area contributed by atoms with E-state index in [0.29, 0.717) is 23.6 Å². The third-order valence-corrected chi connectivity index (χ3v) is 3.94. The maximum absolute atomic E-state index is 12.4. The molecule has 0 unspecified atom stereocenters. The monoisotopic (exact) mass is 362 g/mol. The van der Waals surface area contributed by atoms with Crippen molar-refractivity contribution in [3.8, 4) is 11.5 Å². The maximum Gasteiger partial charge on any atom is 0.255 e. The normalized spacial score (nSPS) is 10.1. The van der Waals surface area contributed by atoms with Gasteiger partial charge in [0.2, 0.25) is 0 Å². The summed E-state index contributed by atoms with van der Waals surface area (Å²) in [4.78, 5) is 12.4. The summed E-state index contributed by atoms with van der Waals surface area (Å²) in [6.45, 7) is 2.56. The highest BCUT2D eigenvalue weighted by Crippen LogP contribution is 2.28. The van der Waals surface area contributed by atoms with Crippen LogP contribution in [-0.2, 0) is 0 Å². The van der Waals surface area contributed by atoms with E-state index in [-0.39, 0.29) is 5.91 Å². The highest BCUT2D eigenvalue weighted by atomic mass is 16.5. The van der Waals surface area contributed by atoms with Gasteiger partial charge in [-0.3, -0.25) is 4.79 Å². The van der Waals surface area contributed by atoms with E-state index in [9.17, 15) is 4.79 Å². The van der Waals surface area contributed by atoms with Crippen molar-refractivity contribution in [2.75, 3.05) is 24.4 Å². The van der Waals surface area contributed by atoms with E-state index in [1.54, 1.807) is 31.4 Å². The molecular formula is C22H22N2O3. The molecule has 0 fully saturated rings. The van der Waals surface area contributed by atoms with Gasteiger partial charge >= 0.3 is 0 Å². The number of benzene rings is 3. The molecule has 5 heteroatoms. The Kier molecular flexibility index (Phi) is 5.94. The first-order chi connectivity index (χ1) is 13.2.